The van der Waals surface area contributed by atoms with E-state index in [0.29, 0.717) is 43.8 Å². The maximum Gasteiger partial charge on any atom is 0.255 e. The Morgan fingerprint density at radius 3 is 2.46 bits per heavy atom. The number of aromatic nitrogens is 3. The fourth-order valence-corrected chi connectivity index (χ4v) is 9.79. The first-order valence-electron chi connectivity index (χ1n) is 23.0. The second kappa shape index (κ2) is 19.3. The maximum absolute atomic E-state index is 13.3. The molecule has 3 aromatic rings. The minimum absolute atomic E-state index is 0.0480. The van der Waals surface area contributed by atoms with Crippen molar-refractivity contribution in [3.05, 3.63) is 81.3 Å². The van der Waals surface area contributed by atoms with Crippen molar-refractivity contribution in [3.8, 4) is 0 Å². The van der Waals surface area contributed by atoms with Crippen LogP contribution in [0, 0.1) is 11.8 Å². The highest BCUT2D eigenvalue weighted by Gasteiger charge is 2.40. The summed E-state index contributed by atoms with van der Waals surface area (Å²) in [5, 5.41) is 12.5. The number of piperazine rings is 1. The summed E-state index contributed by atoms with van der Waals surface area (Å²) >= 11 is 0. The number of hydrogen-bond acceptors (Lipinski definition) is 10. The van der Waals surface area contributed by atoms with E-state index in [-0.39, 0.29) is 42.0 Å². The van der Waals surface area contributed by atoms with Gasteiger partial charge in [0.25, 0.3) is 5.91 Å². The van der Waals surface area contributed by atoms with Crippen molar-refractivity contribution in [2.24, 2.45) is 21.8 Å². The van der Waals surface area contributed by atoms with E-state index in [1.54, 1.807) is 11.1 Å². The number of rotatable bonds is 16. The van der Waals surface area contributed by atoms with Crippen LogP contribution in [0.2, 0.25) is 0 Å². The van der Waals surface area contributed by atoms with Crippen molar-refractivity contribution in [2.45, 2.75) is 104 Å². The Balaban J connectivity index is 0.767. The van der Waals surface area contributed by atoms with Crippen LogP contribution in [0.15, 0.2) is 58.2 Å². The molecule has 14 heteroatoms. The van der Waals surface area contributed by atoms with E-state index in [1.807, 2.05) is 62.1 Å². The number of allylic oxidation sites excluding steroid dienone is 2. The average Bonchev–Trinajstić information content (AvgIpc) is 4.00. The molecule has 2 saturated carbocycles. The van der Waals surface area contributed by atoms with Crippen LogP contribution in [-0.4, -0.2) is 112 Å². The number of piperidine rings is 1. The van der Waals surface area contributed by atoms with Gasteiger partial charge in [0, 0.05) is 93.6 Å². The molecule has 2 aromatic heterocycles. The zero-order chi connectivity index (χ0) is 44.2. The van der Waals surface area contributed by atoms with Crippen LogP contribution in [0.3, 0.4) is 0 Å². The van der Waals surface area contributed by atoms with Crippen LogP contribution in [0.25, 0.3) is 17.8 Å². The quantitative estimate of drug-likeness (QED) is 0.122. The lowest BCUT2D eigenvalue weighted by atomic mass is 9.79. The van der Waals surface area contributed by atoms with E-state index in [2.05, 4.69) is 45.0 Å². The summed E-state index contributed by atoms with van der Waals surface area (Å²) in [6.07, 6.45) is 12.3. The molecule has 332 valence electrons. The SMILES string of the molecule is C=c1/c(=C(/C)N=CC)c(C(=NC)/C(=C(\C)C2CC2)c2ccccn2)nn1C1CC(C(=O)NCCCCCCN2CCN(c3ccc4c(c3)C(=O)N(C3CCC(=O)NC3=O)C4)CC2)C1. The van der Waals surface area contributed by atoms with Gasteiger partial charge in [-0.25, -0.2) is 0 Å². The fraction of sp³-hybridized carbons (Fsp3) is 0.510. The number of nitrogens with zero attached hydrogens (tertiary/aromatic N) is 8. The standard InChI is InChI=1S/C49H62N10O4/c1-6-51-32(3)44-33(4)59(55-46(44)45(50-5)43(31(2)34-14-15-34)40-13-9-11-20-52-40)38-27-36(28-38)47(61)53-21-10-7-8-12-22-56-23-25-57(26-24-56)37-17-16-35-30-58(49(63)39(35)29-37)41-18-19-42(60)54-48(41)62/h6,9,11,13,16-17,20,29,34,36,38,41H,4,7-8,10,12,14-15,18-19,21-28,30H2,1-3,5H3,(H,53,61)(H,54,60,62)/b43-31+,44-32+,50-45?,51-6?. The Labute approximate surface area is 370 Å². The Bertz CT molecular complexity index is 2440. The number of pyridine rings is 1. The number of anilines is 1. The number of nitrogens with one attached hydrogen (secondary N) is 2. The molecular weight excluding hydrogens is 793 g/mol. The second-order valence-electron chi connectivity index (χ2n) is 17.8. The molecule has 4 fully saturated rings. The van der Waals surface area contributed by atoms with E-state index >= 15 is 0 Å². The number of benzene rings is 1. The zero-order valence-corrected chi connectivity index (χ0v) is 37.4. The summed E-state index contributed by atoms with van der Waals surface area (Å²) in [7, 11) is 1.82. The van der Waals surface area contributed by atoms with Gasteiger partial charge >= 0.3 is 0 Å². The second-order valence-corrected chi connectivity index (χ2v) is 17.8. The third-order valence-electron chi connectivity index (χ3n) is 13.7. The summed E-state index contributed by atoms with van der Waals surface area (Å²) in [4.78, 5) is 71.3. The van der Waals surface area contributed by atoms with Crippen molar-refractivity contribution >= 4 is 59.1 Å². The molecule has 5 aliphatic rings. The smallest absolute Gasteiger partial charge is 0.255 e. The van der Waals surface area contributed by atoms with Crippen molar-refractivity contribution in [3.63, 3.8) is 0 Å². The highest BCUT2D eigenvalue weighted by atomic mass is 16.2. The van der Waals surface area contributed by atoms with Gasteiger partial charge in [0.15, 0.2) is 0 Å². The largest absolute Gasteiger partial charge is 0.369 e. The molecule has 63 heavy (non-hydrogen) atoms. The van der Waals surface area contributed by atoms with Crippen molar-refractivity contribution < 1.29 is 19.2 Å². The highest BCUT2D eigenvalue weighted by molar-refractivity contribution is 6.31. The Morgan fingerprint density at radius 2 is 1.76 bits per heavy atom. The molecule has 0 radical (unpaired) electrons. The Morgan fingerprint density at radius 1 is 0.984 bits per heavy atom. The third-order valence-corrected chi connectivity index (χ3v) is 13.7. The van der Waals surface area contributed by atoms with E-state index in [4.69, 9.17) is 15.1 Å². The minimum atomic E-state index is -0.600. The Hall–Kier alpha value is -5.76. The molecule has 1 unspecified atom stereocenters. The van der Waals surface area contributed by atoms with Gasteiger partial charge in [-0.1, -0.05) is 37.1 Å². The summed E-state index contributed by atoms with van der Waals surface area (Å²) < 4.78 is 2.01. The summed E-state index contributed by atoms with van der Waals surface area (Å²) in [6.45, 7) is 16.4. The van der Waals surface area contributed by atoms with Gasteiger partial charge in [-0.15, -0.1) is 0 Å². The predicted octanol–water partition coefficient (Wildman–Crippen LogP) is 4.42. The van der Waals surface area contributed by atoms with E-state index in [9.17, 15) is 19.2 Å². The van der Waals surface area contributed by atoms with E-state index in [1.165, 1.54) is 18.4 Å². The van der Waals surface area contributed by atoms with Crippen LogP contribution in [0.5, 0.6) is 0 Å². The molecule has 14 nitrogen and oxygen atoms in total. The molecular formula is C49H62N10O4. The molecule has 1 aromatic carbocycles. The number of imide groups is 1. The molecule has 8 rings (SSSR count). The van der Waals surface area contributed by atoms with Crippen LogP contribution in [0.1, 0.15) is 118 Å². The van der Waals surface area contributed by atoms with Crippen molar-refractivity contribution in [1.82, 2.24) is 35.2 Å². The van der Waals surface area contributed by atoms with Crippen molar-refractivity contribution in [2.75, 3.05) is 51.2 Å². The maximum atomic E-state index is 13.3. The van der Waals surface area contributed by atoms with Gasteiger partial charge in [0.1, 0.15) is 11.7 Å². The summed E-state index contributed by atoms with van der Waals surface area (Å²) in [5.41, 5.74) is 8.21. The predicted molar refractivity (Wildman–Crippen MR) is 247 cm³/mol. The number of carbonyl (C=O) groups is 4. The Kier molecular flexibility index (Phi) is 13.5. The summed E-state index contributed by atoms with van der Waals surface area (Å²) in [5.74, 6) is -0.204. The molecule has 0 bridgehead atoms. The van der Waals surface area contributed by atoms with Crippen LogP contribution < -0.4 is 26.1 Å². The highest BCUT2D eigenvalue weighted by Crippen LogP contribution is 2.41. The first-order chi connectivity index (χ1) is 30.6. The minimum Gasteiger partial charge on any atom is -0.369 e. The molecule has 3 aliphatic heterocycles. The molecule has 2 aliphatic carbocycles. The first kappa shape index (κ1) is 43.9. The van der Waals surface area contributed by atoms with Crippen LogP contribution in [0.4, 0.5) is 5.69 Å². The number of amides is 4. The van der Waals surface area contributed by atoms with Crippen LogP contribution >= 0.6 is 0 Å². The topological polar surface area (TPSA) is 157 Å². The van der Waals surface area contributed by atoms with Gasteiger partial charge < -0.3 is 15.1 Å². The molecule has 2 saturated heterocycles. The molecule has 5 heterocycles. The van der Waals surface area contributed by atoms with Gasteiger partial charge in [-0.2, -0.15) is 5.10 Å². The lowest BCUT2D eigenvalue weighted by Gasteiger charge is -2.36. The van der Waals surface area contributed by atoms with Gasteiger partial charge in [0.05, 0.1) is 28.0 Å². The fourth-order valence-electron chi connectivity index (χ4n) is 9.79. The molecule has 1 atom stereocenters. The lowest BCUT2D eigenvalue weighted by Crippen LogP contribution is -2.52. The van der Waals surface area contributed by atoms with Gasteiger partial charge in [-0.3, -0.25) is 49.0 Å². The summed E-state index contributed by atoms with van der Waals surface area (Å²) in [6, 6.07) is 11.5. The van der Waals surface area contributed by atoms with E-state index < -0.39 is 6.04 Å². The number of aliphatic imine (C=N–C) groups is 2. The third kappa shape index (κ3) is 9.46. The van der Waals surface area contributed by atoms with Gasteiger partial charge in [0.2, 0.25) is 17.7 Å². The number of hydrogen-bond donors (Lipinski definition) is 2. The van der Waals surface area contributed by atoms with Crippen molar-refractivity contribution in [1.29, 1.82) is 0 Å². The average molecular weight is 855 g/mol. The molecule has 4 amide bonds. The number of fused-ring (bicyclic) bond motifs is 1. The number of carbonyl (C=O) groups excluding carboxylic acids is 4. The molecule has 0 spiro atoms. The van der Waals surface area contributed by atoms with E-state index in [0.717, 1.165) is 109 Å². The lowest BCUT2D eigenvalue weighted by molar-refractivity contribution is -0.137. The zero-order valence-electron chi connectivity index (χ0n) is 37.4. The molecule has 2 N–H and O–H groups in total. The normalized spacial score (nSPS) is 22.8. The number of unbranched alkanes of at least 4 members (excludes halogenated alkanes) is 3. The van der Waals surface area contributed by atoms with Gasteiger partial charge in [-0.05, 0) is 108 Å². The first-order valence-corrected chi connectivity index (χ1v) is 23.0. The monoisotopic (exact) mass is 854 g/mol. The van der Waals surface area contributed by atoms with Crippen LogP contribution in [-0.2, 0) is 20.9 Å².